The van der Waals surface area contributed by atoms with E-state index in [1.807, 2.05) is 24.3 Å². The molecule has 6 heteroatoms. The van der Waals surface area contributed by atoms with E-state index in [1.54, 1.807) is 5.37 Å². The van der Waals surface area contributed by atoms with E-state index in [2.05, 4.69) is 9.97 Å². The molecule has 0 fully saturated rings. The minimum atomic E-state index is -0.900. The SMILES string of the molecule is O=C(O)Cc1nc(CCC=S)[nH]c1Cc1ccccc1Cl. The first kappa shape index (κ1) is 15.7. The molecule has 2 N–H and O–H groups in total. The second-order valence-corrected chi connectivity index (χ2v) is 5.39. The van der Waals surface area contributed by atoms with Crippen LogP contribution in [0.2, 0.25) is 5.02 Å². The lowest BCUT2D eigenvalue weighted by Gasteiger charge is -2.03. The predicted octanol–water partition coefficient (Wildman–Crippen LogP) is 3.21. The molecule has 1 aromatic carbocycles. The van der Waals surface area contributed by atoms with Crippen molar-refractivity contribution in [2.24, 2.45) is 0 Å². The molecular weight excluding hydrogens is 308 g/mol. The van der Waals surface area contributed by atoms with Crippen LogP contribution in [0.25, 0.3) is 0 Å². The highest BCUT2D eigenvalue weighted by Crippen LogP contribution is 2.20. The van der Waals surface area contributed by atoms with E-state index in [4.69, 9.17) is 28.9 Å². The summed E-state index contributed by atoms with van der Waals surface area (Å²) in [6.45, 7) is 0. The molecule has 0 saturated carbocycles. The van der Waals surface area contributed by atoms with E-state index in [9.17, 15) is 4.79 Å². The van der Waals surface area contributed by atoms with Gasteiger partial charge in [-0.2, -0.15) is 0 Å². The normalized spacial score (nSPS) is 10.5. The van der Waals surface area contributed by atoms with E-state index < -0.39 is 5.97 Å². The molecule has 1 aromatic heterocycles. The number of aliphatic carboxylic acids is 1. The second-order valence-electron chi connectivity index (χ2n) is 4.65. The summed E-state index contributed by atoms with van der Waals surface area (Å²) in [6, 6.07) is 7.50. The Balaban J connectivity index is 2.27. The van der Waals surface area contributed by atoms with E-state index >= 15 is 0 Å². The average Bonchev–Trinajstić information content (AvgIpc) is 2.80. The fourth-order valence-corrected chi connectivity index (χ4v) is 2.41. The summed E-state index contributed by atoms with van der Waals surface area (Å²) >= 11 is 11.0. The average molecular weight is 323 g/mol. The Labute approximate surface area is 133 Å². The van der Waals surface area contributed by atoms with Gasteiger partial charge in [-0.1, -0.05) is 42.0 Å². The number of hydrogen-bond donors (Lipinski definition) is 2. The first-order chi connectivity index (χ1) is 10.1. The van der Waals surface area contributed by atoms with Crippen molar-refractivity contribution in [1.29, 1.82) is 0 Å². The number of benzene rings is 1. The molecule has 0 aliphatic heterocycles. The van der Waals surface area contributed by atoms with Crippen molar-refractivity contribution in [3.63, 3.8) is 0 Å². The van der Waals surface area contributed by atoms with Crippen LogP contribution in [0.3, 0.4) is 0 Å². The minimum Gasteiger partial charge on any atom is -0.481 e. The van der Waals surface area contributed by atoms with Crippen LogP contribution < -0.4 is 0 Å². The van der Waals surface area contributed by atoms with Crippen molar-refractivity contribution in [2.45, 2.75) is 25.7 Å². The van der Waals surface area contributed by atoms with Crippen molar-refractivity contribution in [3.8, 4) is 0 Å². The molecule has 1 heterocycles. The summed E-state index contributed by atoms with van der Waals surface area (Å²) < 4.78 is 0. The summed E-state index contributed by atoms with van der Waals surface area (Å²) in [7, 11) is 0. The lowest BCUT2D eigenvalue weighted by molar-refractivity contribution is -0.136. The van der Waals surface area contributed by atoms with Crippen molar-refractivity contribution in [2.75, 3.05) is 0 Å². The Kier molecular flexibility index (Phi) is 5.47. The van der Waals surface area contributed by atoms with Gasteiger partial charge in [-0.25, -0.2) is 4.98 Å². The minimum absolute atomic E-state index is 0.103. The first-order valence-corrected chi connectivity index (χ1v) is 7.40. The maximum absolute atomic E-state index is 11.0. The third kappa shape index (κ3) is 4.37. The number of aryl methyl sites for hydroxylation is 1. The Morgan fingerprint density at radius 3 is 2.86 bits per heavy atom. The van der Waals surface area contributed by atoms with Crippen LogP contribution in [-0.4, -0.2) is 26.4 Å². The van der Waals surface area contributed by atoms with Gasteiger partial charge < -0.3 is 10.1 Å². The fraction of sp³-hybridized carbons (Fsp3) is 0.267. The number of aromatic amines is 1. The number of imidazole rings is 1. The molecule has 0 saturated heterocycles. The predicted molar refractivity (Wildman–Crippen MR) is 86.2 cm³/mol. The molecule has 2 aromatic rings. The third-order valence-corrected chi connectivity index (χ3v) is 3.66. The molecule has 0 aliphatic carbocycles. The van der Waals surface area contributed by atoms with E-state index in [-0.39, 0.29) is 6.42 Å². The number of rotatable bonds is 7. The zero-order valence-corrected chi connectivity index (χ0v) is 12.9. The second kappa shape index (κ2) is 7.33. The van der Waals surface area contributed by atoms with E-state index in [0.717, 1.165) is 23.5 Å². The van der Waals surface area contributed by atoms with Gasteiger partial charge in [0.15, 0.2) is 0 Å². The Hall–Kier alpha value is -1.72. The molecule has 0 radical (unpaired) electrons. The summed E-state index contributed by atoms with van der Waals surface area (Å²) in [5.74, 6) is -0.141. The topological polar surface area (TPSA) is 66.0 Å². The van der Waals surface area contributed by atoms with Crippen molar-refractivity contribution < 1.29 is 9.90 Å². The zero-order valence-electron chi connectivity index (χ0n) is 11.3. The maximum Gasteiger partial charge on any atom is 0.309 e. The molecule has 21 heavy (non-hydrogen) atoms. The number of nitrogens with one attached hydrogen (secondary N) is 1. The summed E-state index contributed by atoms with van der Waals surface area (Å²) in [5, 5.41) is 11.3. The summed E-state index contributed by atoms with van der Waals surface area (Å²) in [5.41, 5.74) is 2.29. The molecule has 110 valence electrons. The molecule has 2 rings (SSSR count). The first-order valence-electron chi connectivity index (χ1n) is 6.55. The van der Waals surface area contributed by atoms with Crippen molar-refractivity contribution in [1.82, 2.24) is 9.97 Å². The monoisotopic (exact) mass is 322 g/mol. The van der Waals surface area contributed by atoms with Crippen LogP contribution in [0.4, 0.5) is 0 Å². The molecular formula is C15H15ClN2O2S. The van der Waals surface area contributed by atoms with Crippen LogP contribution in [-0.2, 0) is 24.1 Å². The van der Waals surface area contributed by atoms with Gasteiger partial charge in [-0.3, -0.25) is 4.79 Å². The summed E-state index contributed by atoms with van der Waals surface area (Å²) in [6.07, 6.45) is 1.83. The molecule has 4 nitrogen and oxygen atoms in total. The van der Waals surface area contributed by atoms with Gasteiger partial charge in [0.05, 0.1) is 12.1 Å². The lowest BCUT2D eigenvalue weighted by Crippen LogP contribution is -2.04. The number of halogens is 1. The Morgan fingerprint density at radius 2 is 2.19 bits per heavy atom. The highest BCUT2D eigenvalue weighted by Gasteiger charge is 2.14. The van der Waals surface area contributed by atoms with Gasteiger partial charge in [-0.05, 0) is 23.4 Å². The van der Waals surface area contributed by atoms with Crippen molar-refractivity contribution in [3.05, 3.63) is 52.1 Å². The molecule has 0 unspecified atom stereocenters. The highest BCUT2D eigenvalue weighted by atomic mass is 35.5. The number of carboxylic acid groups (broad SMARTS) is 1. The van der Waals surface area contributed by atoms with Gasteiger partial charge in [0, 0.05) is 23.6 Å². The zero-order chi connectivity index (χ0) is 15.2. The molecule has 0 atom stereocenters. The van der Waals surface area contributed by atoms with E-state index in [1.165, 1.54) is 0 Å². The number of H-pyrrole nitrogens is 1. The highest BCUT2D eigenvalue weighted by molar-refractivity contribution is 7.78. The number of thiocarbonyl (C=S) groups is 1. The van der Waals surface area contributed by atoms with Crippen LogP contribution >= 0.6 is 23.8 Å². The smallest absolute Gasteiger partial charge is 0.309 e. The largest absolute Gasteiger partial charge is 0.481 e. The van der Waals surface area contributed by atoms with Crippen LogP contribution in [0.5, 0.6) is 0 Å². The van der Waals surface area contributed by atoms with Crippen LogP contribution in [0.1, 0.15) is 29.2 Å². The standard InChI is InChI=1S/C15H15ClN2O2S/c16-11-5-2-1-4-10(11)8-12-13(9-15(19)20)18-14(17-12)6-3-7-21/h1-2,4-5,7H,3,6,8-9H2,(H,17,18)(H,19,20). The van der Waals surface area contributed by atoms with E-state index in [0.29, 0.717) is 23.6 Å². The molecule has 0 amide bonds. The number of carboxylic acids is 1. The molecule has 0 spiro atoms. The Bertz CT molecular complexity index is 655. The Morgan fingerprint density at radius 1 is 1.43 bits per heavy atom. The number of hydrogen-bond acceptors (Lipinski definition) is 3. The molecule has 0 aliphatic rings. The quantitative estimate of drug-likeness (QED) is 0.768. The molecule has 0 bridgehead atoms. The number of nitrogens with zero attached hydrogens (tertiary/aromatic N) is 1. The third-order valence-electron chi connectivity index (χ3n) is 3.06. The van der Waals surface area contributed by atoms with Crippen molar-refractivity contribution >= 4 is 35.2 Å². The van der Waals surface area contributed by atoms with Gasteiger partial charge in [-0.15, -0.1) is 0 Å². The summed E-state index contributed by atoms with van der Waals surface area (Å²) in [4.78, 5) is 18.5. The maximum atomic E-state index is 11.0. The fourth-order valence-electron chi connectivity index (χ4n) is 2.09. The lowest BCUT2D eigenvalue weighted by atomic mass is 10.1. The number of carbonyl (C=O) groups is 1. The van der Waals surface area contributed by atoms with Crippen LogP contribution in [0, 0.1) is 0 Å². The van der Waals surface area contributed by atoms with Gasteiger partial charge in [0.1, 0.15) is 5.82 Å². The van der Waals surface area contributed by atoms with Gasteiger partial charge in [0.25, 0.3) is 0 Å². The number of aromatic nitrogens is 2. The van der Waals surface area contributed by atoms with Crippen LogP contribution in [0.15, 0.2) is 24.3 Å². The van der Waals surface area contributed by atoms with Gasteiger partial charge in [0.2, 0.25) is 0 Å². The van der Waals surface area contributed by atoms with Gasteiger partial charge >= 0.3 is 5.97 Å².